The number of ether oxygens (including phenoxy) is 1. The summed E-state index contributed by atoms with van der Waals surface area (Å²) in [5.41, 5.74) is 3.82. The Morgan fingerprint density at radius 3 is 2.56 bits per heavy atom. The van der Waals surface area contributed by atoms with Crippen molar-refractivity contribution in [1.82, 2.24) is 0 Å². The average molecular weight is 428 g/mol. The molecule has 2 amide bonds. The number of benzene rings is 3. The van der Waals surface area contributed by atoms with E-state index in [9.17, 15) is 9.59 Å². The fraction of sp³-hybridized carbons (Fsp3) is 0.192. The molecule has 0 unspecified atom stereocenters. The largest absolute Gasteiger partial charge is 0.497 e. The Kier molecular flexibility index (Phi) is 6.31. The maximum Gasteiger partial charge on any atom is 0.249 e. The molecule has 0 aliphatic carbocycles. The summed E-state index contributed by atoms with van der Waals surface area (Å²) < 4.78 is 5.24. The number of hydrogen-bond acceptors (Lipinski definition) is 4. The molecule has 0 fully saturated rings. The molecule has 0 bridgehead atoms. The topological polar surface area (TPSA) is 71.0 Å². The number of anilines is 2. The molecular formula is C26H25N3O3. The molecule has 3 aromatic rings. The zero-order valence-electron chi connectivity index (χ0n) is 18.1. The highest BCUT2D eigenvalue weighted by Gasteiger charge is 2.33. The molecule has 1 atom stereocenters. The lowest BCUT2D eigenvalue weighted by molar-refractivity contribution is -0.123. The van der Waals surface area contributed by atoms with Gasteiger partial charge in [-0.2, -0.15) is 0 Å². The van der Waals surface area contributed by atoms with E-state index in [1.807, 2.05) is 73.7 Å². The number of hydrogen-bond donors (Lipinski definition) is 1. The Morgan fingerprint density at radius 2 is 1.81 bits per heavy atom. The van der Waals surface area contributed by atoms with Gasteiger partial charge in [0.15, 0.2) is 0 Å². The van der Waals surface area contributed by atoms with Crippen LogP contribution in [0.15, 0.2) is 83.9 Å². The third-order valence-corrected chi connectivity index (χ3v) is 5.45. The zero-order valence-corrected chi connectivity index (χ0v) is 18.1. The molecule has 0 saturated heterocycles. The van der Waals surface area contributed by atoms with Crippen LogP contribution in [-0.2, 0) is 9.59 Å². The molecule has 0 radical (unpaired) electrons. The van der Waals surface area contributed by atoms with Gasteiger partial charge in [0.05, 0.1) is 18.5 Å². The number of fused-ring (bicyclic) bond motifs is 1. The van der Waals surface area contributed by atoms with Crippen molar-refractivity contribution in [2.45, 2.75) is 19.4 Å². The molecule has 0 aromatic heterocycles. The first-order chi connectivity index (χ1) is 15.6. The van der Waals surface area contributed by atoms with Crippen molar-refractivity contribution in [1.29, 1.82) is 0 Å². The second-order valence-corrected chi connectivity index (χ2v) is 7.46. The summed E-state index contributed by atoms with van der Waals surface area (Å²) in [5.74, 6) is 0.177. The van der Waals surface area contributed by atoms with Crippen molar-refractivity contribution >= 4 is 28.9 Å². The summed E-state index contributed by atoms with van der Waals surface area (Å²) in [6, 6.07) is 23.9. The van der Waals surface area contributed by atoms with E-state index in [0.29, 0.717) is 23.5 Å². The Morgan fingerprint density at radius 1 is 1.06 bits per heavy atom. The molecule has 1 aliphatic heterocycles. The van der Waals surface area contributed by atoms with Gasteiger partial charge in [-0.1, -0.05) is 61.5 Å². The molecule has 6 nitrogen and oxygen atoms in total. The molecule has 162 valence electrons. The number of nitrogens with one attached hydrogen (secondary N) is 1. The number of nitrogens with zero attached hydrogens (tertiary/aromatic N) is 2. The Bertz CT molecular complexity index is 1160. The van der Waals surface area contributed by atoms with Crippen LogP contribution in [0.1, 0.15) is 24.5 Å². The molecule has 1 N–H and O–H groups in total. The number of benzodiazepines with no additional fused rings is 1. The van der Waals surface area contributed by atoms with E-state index in [-0.39, 0.29) is 18.4 Å². The van der Waals surface area contributed by atoms with Crippen molar-refractivity contribution in [3.05, 3.63) is 90.0 Å². The predicted octanol–water partition coefficient (Wildman–Crippen LogP) is 4.30. The van der Waals surface area contributed by atoms with Gasteiger partial charge in [-0.3, -0.25) is 19.5 Å². The highest BCUT2D eigenvalue weighted by atomic mass is 16.5. The van der Waals surface area contributed by atoms with Gasteiger partial charge < -0.3 is 10.1 Å². The van der Waals surface area contributed by atoms with Crippen molar-refractivity contribution < 1.29 is 14.3 Å². The van der Waals surface area contributed by atoms with Crippen molar-refractivity contribution in [2.24, 2.45) is 4.99 Å². The number of aliphatic imine (C=N–C) groups is 1. The van der Waals surface area contributed by atoms with Crippen LogP contribution < -0.4 is 15.0 Å². The second kappa shape index (κ2) is 9.47. The summed E-state index contributed by atoms with van der Waals surface area (Å²) in [7, 11) is 1.58. The van der Waals surface area contributed by atoms with Crippen LogP contribution in [0, 0.1) is 0 Å². The SMILES string of the molecule is CC[C@H](C(=O)Nc1cccc(OC)c1)N1C(=O)CN=C(c2ccccc2)c2ccccc21. The predicted molar refractivity (Wildman–Crippen MR) is 127 cm³/mol. The van der Waals surface area contributed by atoms with Crippen LogP contribution in [0.25, 0.3) is 0 Å². The normalized spacial score (nSPS) is 14.1. The van der Waals surface area contributed by atoms with Crippen LogP contribution >= 0.6 is 0 Å². The number of rotatable bonds is 6. The quantitative estimate of drug-likeness (QED) is 0.638. The van der Waals surface area contributed by atoms with Crippen LogP contribution in [0.5, 0.6) is 5.75 Å². The van der Waals surface area contributed by atoms with Gasteiger partial charge in [-0.15, -0.1) is 0 Å². The van der Waals surface area contributed by atoms with Gasteiger partial charge in [-0.25, -0.2) is 0 Å². The monoisotopic (exact) mass is 427 g/mol. The third-order valence-electron chi connectivity index (χ3n) is 5.45. The van der Waals surface area contributed by atoms with Gasteiger partial charge in [0.2, 0.25) is 11.8 Å². The minimum Gasteiger partial charge on any atom is -0.497 e. The smallest absolute Gasteiger partial charge is 0.249 e. The fourth-order valence-corrected chi connectivity index (χ4v) is 3.92. The van der Waals surface area contributed by atoms with Crippen LogP contribution in [0.3, 0.4) is 0 Å². The summed E-state index contributed by atoms with van der Waals surface area (Å²) in [6.45, 7) is 1.87. The first-order valence-corrected chi connectivity index (χ1v) is 10.6. The highest BCUT2D eigenvalue weighted by Crippen LogP contribution is 2.30. The van der Waals surface area contributed by atoms with E-state index in [1.54, 1.807) is 24.1 Å². The average Bonchev–Trinajstić information content (AvgIpc) is 2.97. The van der Waals surface area contributed by atoms with E-state index < -0.39 is 6.04 Å². The molecular weight excluding hydrogens is 402 g/mol. The number of para-hydroxylation sites is 1. The maximum absolute atomic E-state index is 13.3. The minimum absolute atomic E-state index is 0.0259. The van der Waals surface area contributed by atoms with Crippen molar-refractivity contribution in [3.63, 3.8) is 0 Å². The minimum atomic E-state index is -0.680. The first-order valence-electron chi connectivity index (χ1n) is 10.6. The molecule has 1 heterocycles. The lowest BCUT2D eigenvalue weighted by Gasteiger charge is -2.30. The van der Waals surface area contributed by atoms with Gasteiger partial charge in [0.1, 0.15) is 18.3 Å². The van der Waals surface area contributed by atoms with Gasteiger partial charge in [-0.05, 0) is 24.6 Å². The van der Waals surface area contributed by atoms with Crippen molar-refractivity contribution in [3.8, 4) is 5.75 Å². The van der Waals surface area contributed by atoms with E-state index in [2.05, 4.69) is 10.3 Å². The number of methoxy groups -OCH3 is 1. The number of carbonyl (C=O) groups excluding carboxylic acids is 2. The first kappa shape index (κ1) is 21.3. The van der Waals surface area contributed by atoms with E-state index >= 15 is 0 Å². The Balaban J connectivity index is 1.70. The summed E-state index contributed by atoms with van der Waals surface area (Å²) in [6.07, 6.45) is 0.455. The lowest BCUT2D eigenvalue weighted by atomic mass is 9.99. The van der Waals surface area contributed by atoms with Gasteiger partial charge in [0.25, 0.3) is 0 Å². The van der Waals surface area contributed by atoms with Crippen molar-refractivity contribution in [2.75, 3.05) is 23.9 Å². The van der Waals surface area contributed by atoms with Crippen LogP contribution in [0.4, 0.5) is 11.4 Å². The molecule has 3 aromatic carbocycles. The molecule has 1 aliphatic rings. The Labute approximate surface area is 187 Å². The lowest BCUT2D eigenvalue weighted by Crippen LogP contribution is -2.48. The fourth-order valence-electron chi connectivity index (χ4n) is 3.92. The Hall–Kier alpha value is -3.93. The maximum atomic E-state index is 13.3. The number of carbonyl (C=O) groups is 2. The molecule has 0 saturated carbocycles. The molecule has 0 spiro atoms. The van der Waals surface area contributed by atoms with Gasteiger partial charge >= 0.3 is 0 Å². The van der Waals surface area contributed by atoms with E-state index in [0.717, 1.165) is 16.8 Å². The molecule has 4 rings (SSSR count). The van der Waals surface area contributed by atoms with E-state index in [1.165, 1.54) is 0 Å². The van der Waals surface area contributed by atoms with Crippen LogP contribution in [-0.4, -0.2) is 37.2 Å². The van der Waals surface area contributed by atoms with E-state index in [4.69, 9.17) is 4.74 Å². The zero-order chi connectivity index (χ0) is 22.5. The molecule has 6 heteroatoms. The van der Waals surface area contributed by atoms with Crippen LogP contribution in [0.2, 0.25) is 0 Å². The second-order valence-electron chi connectivity index (χ2n) is 7.46. The van der Waals surface area contributed by atoms with Gasteiger partial charge in [0, 0.05) is 22.9 Å². The standard InChI is InChI=1S/C26H25N3O3/c1-3-22(26(31)28-19-12-9-13-20(16-19)32-2)29-23-15-8-7-14-21(23)25(27-17-24(29)30)18-10-5-4-6-11-18/h4-16,22H,3,17H2,1-2H3,(H,28,31)/t22-/m1/s1. The summed E-state index contributed by atoms with van der Waals surface area (Å²) in [4.78, 5) is 32.7. The molecule has 32 heavy (non-hydrogen) atoms. The number of amides is 2. The highest BCUT2D eigenvalue weighted by molar-refractivity contribution is 6.20. The third kappa shape index (κ3) is 4.25. The summed E-state index contributed by atoms with van der Waals surface area (Å²) >= 11 is 0. The summed E-state index contributed by atoms with van der Waals surface area (Å²) in [5, 5.41) is 2.93.